The fourth-order valence-corrected chi connectivity index (χ4v) is 1.95. The van der Waals surface area contributed by atoms with Crippen LogP contribution >= 0.6 is 0 Å². The van der Waals surface area contributed by atoms with Crippen LogP contribution in [0.5, 0.6) is 11.5 Å². The van der Waals surface area contributed by atoms with E-state index in [0.717, 1.165) is 21.7 Å². The molecule has 0 saturated carbocycles. The maximum Gasteiger partial charge on any atom is 0.209 e. The zero-order chi connectivity index (χ0) is 11.2. The molecule has 0 heterocycles. The lowest BCUT2D eigenvalue weighted by Gasteiger charge is -2.16. The van der Waals surface area contributed by atoms with Crippen LogP contribution in [0.4, 0.5) is 0 Å². The Morgan fingerprint density at radius 1 is 0.688 bits per heavy atom. The second kappa shape index (κ2) is 5.37. The fourth-order valence-electron chi connectivity index (χ4n) is 1.41. The van der Waals surface area contributed by atoms with Crippen molar-refractivity contribution in [3.63, 3.8) is 0 Å². The van der Waals surface area contributed by atoms with E-state index in [2.05, 4.69) is 0 Å². The Labute approximate surface area is 98.3 Å². The lowest BCUT2D eigenvalue weighted by atomic mass is 10.3. The minimum Gasteiger partial charge on any atom is -0.460 e. The maximum atomic E-state index is 5.66. The molecule has 0 fully saturated rings. The van der Waals surface area contributed by atoms with Gasteiger partial charge in [-0.2, -0.15) is 0 Å². The summed E-state index contributed by atoms with van der Waals surface area (Å²) in [5, 5.41) is 0. The first-order chi connectivity index (χ1) is 7.84. The van der Waals surface area contributed by atoms with Gasteiger partial charge in [0.2, 0.25) is 5.91 Å². The molecule has 0 aliphatic rings. The quantitative estimate of drug-likeness (QED) is 0.589. The minimum absolute atomic E-state index is 0.162. The Bertz CT molecular complexity index is 375. The van der Waals surface area contributed by atoms with E-state index in [1.165, 1.54) is 0 Å². The molecule has 3 heteroatoms. The molecule has 0 aromatic heterocycles. The number of hydrogen-bond acceptors (Lipinski definition) is 2. The molecule has 0 saturated heterocycles. The molecule has 0 amide bonds. The van der Waals surface area contributed by atoms with Crippen molar-refractivity contribution in [2.45, 2.75) is 5.91 Å². The Hall–Kier alpha value is -1.74. The summed E-state index contributed by atoms with van der Waals surface area (Å²) in [6.45, 7) is 0. The number of benzene rings is 2. The van der Waals surface area contributed by atoms with E-state index in [1.807, 2.05) is 60.7 Å². The van der Waals surface area contributed by atoms with E-state index in [-0.39, 0.29) is 5.91 Å². The van der Waals surface area contributed by atoms with Crippen molar-refractivity contribution in [3.05, 3.63) is 60.7 Å². The summed E-state index contributed by atoms with van der Waals surface area (Å²) >= 11 is 0. The van der Waals surface area contributed by atoms with Crippen LogP contribution in [-0.2, 0) is 0 Å². The summed E-state index contributed by atoms with van der Waals surface area (Å²) in [4.78, 5) is 0. The summed E-state index contributed by atoms with van der Waals surface area (Å²) < 4.78 is 11.3. The van der Waals surface area contributed by atoms with Gasteiger partial charge in [0, 0.05) is 0 Å². The lowest BCUT2D eigenvalue weighted by Crippen LogP contribution is -2.23. The van der Waals surface area contributed by atoms with Gasteiger partial charge in [-0.05, 0) is 24.3 Å². The molecule has 0 spiro atoms. The van der Waals surface area contributed by atoms with Crippen LogP contribution in [-0.4, -0.2) is 16.2 Å². The van der Waals surface area contributed by atoms with Gasteiger partial charge in [0.05, 0.1) is 0 Å². The molecule has 2 aromatic carbocycles. The van der Waals surface area contributed by atoms with Crippen LogP contribution < -0.4 is 9.47 Å². The van der Waals surface area contributed by atoms with Gasteiger partial charge in [-0.1, -0.05) is 36.4 Å². The summed E-state index contributed by atoms with van der Waals surface area (Å²) in [5.41, 5.74) is 0. The number of ether oxygens (including phenoxy) is 2. The van der Waals surface area contributed by atoms with Crippen LogP contribution in [0.25, 0.3) is 0 Å². The molecule has 0 unspecified atom stereocenters. The normalized spacial score (nSPS) is 10.3. The second-order valence-electron chi connectivity index (χ2n) is 3.43. The van der Waals surface area contributed by atoms with Crippen molar-refractivity contribution < 1.29 is 9.47 Å². The summed E-state index contributed by atoms with van der Waals surface area (Å²) in [7, 11) is 0.814. The van der Waals surface area contributed by atoms with E-state index in [1.54, 1.807) is 0 Å². The van der Waals surface area contributed by atoms with Crippen LogP contribution in [0.3, 0.4) is 0 Å². The van der Waals surface area contributed by atoms with Crippen LogP contribution in [0.15, 0.2) is 60.7 Å². The topological polar surface area (TPSA) is 18.5 Å². The second-order valence-corrected chi connectivity index (χ2v) is 4.37. The summed E-state index contributed by atoms with van der Waals surface area (Å²) in [5.74, 6) is 1.53. The molecule has 0 N–H and O–H groups in total. The third-order valence-corrected chi connectivity index (χ3v) is 2.56. The highest BCUT2D eigenvalue weighted by Crippen LogP contribution is 2.14. The van der Waals surface area contributed by atoms with Gasteiger partial charge in [0.1, 0.15) is 21.7 Å². The molecular weight excluding hydrogens is 216 g/mol. The predicted molar refractivity (Wildman–Crippen MR) is 67.9 cm³/mol. The van der Waals surface area contributed by atoms with Gasteiger partial charge in [-0.15, -0.1) is 0 Å². The molecule has 0 atom stereocenters. The first-order valence-corrected chi connectivity index (χ1v) is 6.43. The van der Waals surface area contributed by atoms with Crippen molar-refractivity contribution in [1.29, 1.82) is 0 Å². The first-order valence-electron chi connectivity index (χ1n) is 5.28. The van der Waals surface area contributed by atoms with Crippen molar-refractivity contribution in [2.75, 3.05) is 0 Å². The van der Waals surface area contributed by atoms with Gasteiger partial charge in [0.25, 0.3) is 0 Å². The third kappa shape index (κ3) is 3.14. The van der Waals surface area contributed by atoms with Gasteiger partial charge in [0.15, 0.2) is 0 Å². The molecule has 0 aliphatic heterocycles. The van der Waals surface area contributed by atoms with E-state index in [0.29, 0.717) is 0 Å². The molecule has 2 rings (SSSR count). The van der Waals surface area contributed by atoms with E-state index < -0.39 is 0 Å². The van der Waals surface area contributed by atoms with Crippen LogP contribution in [0.1, 0.15) is 0 Å². The molecule has 0 radical (unpaired) electrons. The Kier molecular flexibility index (Phi) is 3.61. The van der Waals surface area contributed by atoms with Crippen molar-refractivity contribution in [2.24, 2.45) is 0 Å². The van der Waals surface area contributed by atoms with E-state index in [4.69, 9.17) is 9.47 Å². The van der Waals surface area contributed by atoms with Crippen LogP contribution in [0, 0.1) is 0 Å². The van der Waals surface area contributed by atoms with E-state index >= 15 is 0 Å². The zero-order valence-corrected chi connectivity index (χ0v) is 11.2. The monoisotopic (exact) mass is 230 g/mol. The molecular formula is C13H14O2Si. The standard InChI is InChI=1S/C13H14O2Si/c16-13(14-11-7-3-1-4-8-11)15-12-9-5-2-6-10-12/h1-10,13H,16H3. The third-order valence-electron chi connectivity index (χ3n) is 2.09. The van der Waals surface area contributed by atoms with E-state index in [9.17, 15) is 0 Å². The molecule has 2 nitrogen and oxygen atoms in total. The average Bonchev–Trinajstić information content (AvgIpc) is 2.31. The fraction of sp³-hybridized carbons (Fsp3) is 0.0769. The van der Waals surface area contributed by atoms with Gasteiger partial charge < -0.3 is 9.47 Å². The molecule has 16 heavy (non-hydrogen) atoms. The molecule has 0 bridgehead atoms. The van der Waals surface area contributed by atoms with Crippen molar-refractivity contribution in [1.82, 2.24) is 0 Å². The first kappa shape index (κ1) is 10.8. The number of rotatable bonds is 4. The Morgan fingerprint density at radius 3 is 1.44 bits per heavy atom. The SMILES string of the molecule is [SiH3]C(Oc1ccccc1)Oc1ccccc1. The lowest BCUT2D eigenvalue weighted by molar-refractivity contribution is 0.0768. The highest BCUT2D eigenvalue weighted by Gasteiger charge is 2.03. The number of para-hydroxylation sites is 2. The van der Waals surface area contributed by atoms with Crippen molar-refractivity contribution >= 4 is 10.2 Å². The molecule has 82 valence electrons. The number of hydrogen-bond donors (Lipinski definition) is 0. The van der Waals surface area contributed by atoms with Crippen molar-refractivity contribution in [3.8, 4) is 11.5 Å². The summed E-state index contributed by atoms with van der Waals surface area (Å²) in [6.07, 6.45) is 0. The van der Waals surface area contributed by atoms with Gasteiger partial charge in [-0.3, -0.25) is 0 Å². The molecule has 2 aromatic rings. The van der Waals surface area contributed by atoms with Gasteiger partial charge in [-0.25, -0.2) is 0 Å². The average molecular weight is 230 g/mol. The maximum absolute atomic E-state index is 5.66. The smallest absolute Gasteiger partial charge is 0.209 e. The highest BCUT2D eigenvalue weighted by molar-refractivity contribution is 6.10. The largest absolute Gasteiger partial charge is 0.460 e. The summed E-state index contributed by atoms with van der Waals surface area (Å²) in [6, 6.07) is 19.5. The zero-order valence-electron chi connectivity index (χ0n) is 9.17. The minimum atomic E-state index is -0.162. The Balaban J connectivity index is 1.92. The predicted octanol–water partition coefficient (Wildman–Crippen LogP) is 1.79. The molecule has 0 aliphatic carbocycles. The Morgan fingerprint density at radius 2 is 1.06 bits per heavy atom. The highest BCUT2D eigenvalue weighted by atomic mass is 28.1. The van der Waals surface area contributed by atoms with Gasteiger partial charge >= 0.3 is 0 Å². The van der Waals surface area contributed by atoms with Crippen LogP contribution in [0.2, 0.25) is 0 Å².